The predicted octanol–water partition coefficient (Wildman–Crippen LogP) is 6.30. The van der Waals surface area contributed by atoms with Crippen LogP contribution in [0.1, 0.15) is 16.7 Å². The van der Waals surface area contributed by atoms with Gasteiger partial charge in [0.15, 0.2) is 5.78 Å². The summed E-state index contributed by atoms with van der Waals surface area (Å²) in [4.78, 5) is 26.0. The number of ether oxygens (including phenoxy) is 2. The maximum atomic E-state index is 13.2. The number of hydrogen-bond acceptors (Lipinski definition) is 4. The zero-order valence-corrected chi connectivity index (χ0v) is 21.9. The second kappa shape index (κ2) is 13.5. The molecule has 4 aromatic rings. The highest BCUT2D eigenvalue weighted by atomic mass is 79.9. The lowest BCUT2D eigenvalue weighted by molar-refractivity contribution is -0.128. The molecule has 1 N–H and O–H groups in total. The van der Waals surface area contributed by atoms with E-state index in [0.717, 1.165) is 26.9 Å². The fraction of sp³-hybridized carbons (Fsp3) is 0.161. The van der Waals surface area contributed by atoms with Crippen LogP contribution in [0.3, 0.4) is 0 Å². The zero-order chi connectivity index (χ0) is 25.9. The quantitative estimate of drug-likeness (QED) is 0.222. The lowest BCUT2D eigenvalue weighted by Gasteiger charge is -2.18. The number of carbonyl (C=O) groups excluding carboxylic acids is 2. The molecule has 0 bridgehead atoms. The summed E-state index contributed by atoms with van der Waals surface area (Å²) in [5.74, 6) is 1.09. The number of carbonyl (C=O) groups is 2. The molecule has 4 rings (SSSR count). The second-order valence-electron chi connectivity index (χ2n) is 8.63. The number of amides is 1. The fourth-order valence-electron chi connectivity index (χ4n) is 3.74. The Balaban J connectivity index is 1.38. The Bertz CT molecular complexity index is 1280. The molecule has 0 radical (unpaired) electrons. The molecule has 0 aliphatic heterocycles. The highest BCUT2D eigenvalue weighted by molar-refractivity contribution is 9.10. The second-order valence-corrected chi connectivity index (χ2v) is 9.54. The summed E-state index contributed by atoms with van der Waals surface area (Å²) < 4.78 is 12.6. The van der Waals surface area contributed by atoms with Gasteiger partial charge in [-0.15, -0.1) is 0 Å². The summed E-state index contributed by atoms with van der Waals surface area (Å²) in [6, 6.07) is 33.4. The van der Waals surface area contributed by atoms with Crippen molar-refractivity contribution in [3.05, 3.63) is 130 Å². The number of rotatable bonds is 12. The van der Waals surface area contributed by atoms with E-state index in [1.807, 2.05) is 109 Å². The Morgan fingerprint density at radius 2 is 1.24 bits per heavy atom. The summed E-state index contributed by atoms with van der Waals surface area (Å²) in [6.45, 7) is 0.452. The number of hydrogen-bond donors (Lipinski definition) is 1. The van der Waals surface area contributed by atoms with Crippen molar-refractivity contribution in [2.75, 3.05) is 6.61 Å². The number of nitrogens with one attached hydrogen (secondary N) is 1. The molecule has 5 nitrogen and oxygen atoms in total. The third-order valence-electron chi connectivity index (χ3n) is 5.68. The van der Waals surface area contributed by atoms with Gasteiger partial charge in [0.1, 0.15) is 17.5 Å². The Morgan fingerprint density at radius 3 is 1.92 bits per heavy atom. The van der Waals surface area contributed by atoms with Crippen molar-refractivity contribution in [2.45, 2.75) is 25.5 Å². The van der Waals surface area contributed by atoms with Crippen LogP contribution in [0.4, 0.5) is 0 Å². The van der Waals surface area contributed by atoms with Crippen LogP contribution in [0.25, 0.3) is 0 Å². The van der Waals surface area contributed by atoms with Gasteiger partial charge in [-0.2, -0.15) is 0 Å². The van der Waals surface area contributed by atoms with Gasteiger partial charge in [0, 0.05) is 10.9 Å². The average molecular weight is 558 g/mol. The Morgan fingerprint density at radius 1 is 0.676 bits per heavy atom. The number of para-hydroxylation sites is 1. The van der Waals surface area contributed by atoms with E-state index in [2.05, 4.69) is 21.2 Å². The monoisotopic (exact) mass is 557 g/mol. The molecule has 1 atom stereocenters. The van der Waals surface area contributed by atoms with Crippen LogP contribution in [-0.2, 0) is 33.8 Å². The molecule has 1 amide bonds. The van der Waals surface area contributed by atoms with E-state index in [-0.39, 0.29) is 31.1 Å². The van der Waals surface area contributed by atoms with Crippen LogP contribution in [0.2, 0.25) is 0 Å². The number of halogens is 1. The van der Waals surface area contributed by atoms with Gasteiger partial charge in [0.25, 0.3) is 0 Å². The standard InChI is InChI=1S/C31H28BrNO4/c32-26-15-11-24(12-16-26)20-31(35)33-29(22-36-21-25-7-3-1-4-8-25)30(34)19-23-13-17-28(18-14-23)37-27-9-5-2-6-10-27/h1-18,29H,19-22H2,(H,33,35). The molecule has 37 heavy (non-hydrogen) atoms. The van der Waals surface area contributed by atoms with E-state index in [0.29, 0.717) is 12.4 Å². The van der Waals surface area contributed by atoms with Gasteiger partial charge in [0.05, 0.1) is 19.6 Å². The molecular weight excluding hydrogens is 530 g/mol. The summed E-state index contributed by atoms with van der Waals surface area (Å²) in [5, 5.41) is 2.88. The van der Waals surface area contributed by atoms with Crippen molar-refractivity contribution in [3.63, 3.8) is 0 Å². The summed E-state index contributed by atoms with van der Waals surface area (Å²) >= 11 is 3.40. The molecule has 0 aliphatic carbocycles. The van der Waals surface area contributed by atoms with Crippen LogP contribution < -0.4 is 10.1 Å². The predicted molar refractivity (Wildman–Crippen MR) is 148 cm³/mol. The van der Waals surface area contributed by atoms with Crippen LogP contribution in [0.5, 0.6) is 11.5 Å². The smallest absolute Gasteiger partial charge is 0.225 e. The van der Waals surface area contributed by atoms with E-state index in [4.69, 9.17) is 9.47 Å². The highest BCUT2D eigenvalue weighted by Gasteiger charge is 2.21. The van der Waals surface area contributed by atoms with Crippen molar-refractivity contribution in [1.82, 2.24) is 5.32 Å². The molecule has 4 aromatic carbocycles. The van der Waals surface area contributed by atoms with E-state index in [1.165, 1.54) is 0 Å². The molecule has 0 spiro atoms. The molecule has 0 aliphatic rings. The van der Waals surface area contributed by atoms with Gasteiger partial charge in [-0.3, -0.25) is 9.59 Å². The Kier molecular flexibility index (Phi) is 9.63. The van der Waals surface area contributed by atoms with Gasteiger partial charge < -0.3 is 14.8 Å². The van der Waals surface area contributed by atoms with Crippen LogP contribution in [0, 0.1) is 0 Å². The van der Waals surface area contributed by atoms with E-state index < -0.39 is 6.04 Å². The van der Waals surface area contributed by atoms with Crippen molar-refractivity contribution in [3.8, 4) is 11.5 Å². The van der Waals surface area contributed by atoms with Crippen molar-refractivity contribution < 1.29 is 19.1 Å². The molecule has 0 saturated heterocycles. The van der Waals surface area contributed by atoms with Gasteiger partial charge in [0.2, 0.25) is 5.91 Å². The molecule has 0 fully saturated rings. The summed E-state index contributed by atoms with van der Waals surface area (Å²) in [5.41, 5.74) is 2.70. The third kappa shape index (κ3) is 8.70. The van der Waals surface area contributed by atoms with Crippen LogP contribution >= 0.6 is 15.9 Å². The van der Waals surface area contributed by atoms with E-state index in [1.54, 1.807) is 0 Å². The largest absolute Gasteiger partial charge is 0.457 e. The Labute approximate surface area is 225 Å². The lowest BCUT2D eigenvalue weighted by atomic mass is 10.0. The first-order valence-corrected chi connectivity index (χ1v) is 12.8. The minimum absolute atomic E-state index is 0.0923. The van der Waals surface area contributed by atoms with Crippen LogP contribution in [-0.4, -0.2) is 24.3 Å². The first kappa shape index (κ1) is 26.3. The Hall–Kier alpha value is -3.74. The first-order chi connectivity index (χ1) is 18.0. The minimum atomic E-state index is -0.757. The lowest BCUT2D eigenvalue weighted by Crippen LogP contribution is -2.45. The number of benzene rings is 4. The highest BCUT2D eigenvalue weighted by Crippen LogP contribution is 2.21. The number of ketones is 1. The van der Waals surface area contributed by atoms with Gasteiger partial charge in [-0.1, -0.05) is 88.7 Å². The topological polar surface area (TPSA) is 64.6 Å². The van der Waals surface area contributed by atoms with Crippen molar-refractivity contribution >= 4 is 27.6 Å². The molecule has 0 saturated carbocycles. The zero-order valence-electron chi connectivity index (χ0n) is 20.3. The normalized spacial score (nSPS) is 11.5. The van der Waals surface area contributed by atoms with Gasteiger partial charge in [-0.25, -0.2) is 0 Å². The third-order valence-corrected chi connectivity index (χ3v) is 6.21. The maximum absolute atomic E-state index is 13.2. The van der Waals surface area contributed by atoms with Crippen LogP contribution in [0.15, 0.2) is 114 Å². The molecule has 0 aromatic heterocycles. The SMILES string of the molecule is O=C(Cc1ccc(Br)cc1)NC(COCc1ccccc1)C(=O)Cc1ccc(Oc2ccccc2)cc1. The molecular formula is C31H28BrNO4. The number of Topliss-reactive ketones (excluding diaryl/α,β-unsaturated/α-hetero) is 1. The van der Waals surface area contributed by atoms with Crippen molar-refractivity contribution in [1.29, 1.82) is 0 Å². The van der Waals surface area contributed by atoms with Gasteiger partial charge in [-0.05, 0) is 53.1 Å². The van der Waals surface area contributed by atoms with E-state index in [9.17, 15) is 9.59 Å². The maximum Gasteiger partial charge on any atom is 0.225 e. The minimum Gasteiger partial charge on any atom is -0.457 e. The average Bonchev–Trinajstić information content (AvgIpc) is 2.92. The first-order valence-electron chi connectivity index (χ1n) is 12.1. The summed E-state index contributed by atoms with van der Waals surface area (Å²) in [6.07, 6.45) is 0.352. The van der Waals surface area contributed by atoms with E-state index >= 15 is 0 Å². The van der Waals surface area contributed by atoms with Gasteiger partial charge >= 0.3 is 0 Å². The molecule has 6 heteroatoms. The summed E-state index contributed by atoms with van der Waals surface area (Å²) in [7, 11) is 0. The fourth-order valence-corrected chi connectivity index (χ4v) is 4.01. The molecule has 1 unspecified atom stereocenters. The molecule has 188 valence electrons. The molecule has 0 heterocycles. The van der Waals surface area contributed by atoms with Crippen molar-refractivity contribution in [2.24, 2.45) is 0 Å².